The number of rotatable bonds is 3. The summed E-state index contributed by atoms with van der Waals surface area (Å²) in [6.07, 6.45) is 5.98. The van der Waals surface area contributed by atoms with Gasteiger partial charge in [0.2, 0.25) is 0 Å². The highest BCUT2D eigenvalue weighted by atomic mass is 15.3. The quantitative estimate of drug-likeness (QED) is 0.685. The maximum atomic E-state index is 4.07. The summed E-state index contributed by atoms with van der Waals surface area (Å²) in [4.78, 5) is 3.91. The van der Waals surface area contributed by atoms with E-state index >= 15 is 0 Å². The van der Waals surface area contributed by atoms with Gasteiger partial charge < -0.3 is 0 Å². The van der Waals surface area contributed by atoms with Gasteiger partial charge in [0.05, 0.1) is 5.69 Å². The lowest BCUT2D eigenvalue weighted by molar-refractivity contribution is 0.876. The van der Waals surface area contributed by atoms with Crippen molar-refractivity contribution in [3.8, 4) is 5.69 Å². The Morgan fingerprint density at radius 1 is 1.43 bits per heavy atom. The van der Waals surface area contributed by atoms with Crippen molar-refractivity contribution in [1.82, 2.24) is 14.8 Å². The number of aromatic nitrogens is 3. The number of allylic oxidation sites excluding steroid dienone is 1. The molecule has 2 aromatic rings. The Morgan fingerprint density at radius 2 is 2.36 bits per heavy atom. The van der Waals surface area contributed by atoms with Crippen molar-refractivity contribution in [2.24, 2.45) is 0 Å². The van der Waals surface area contributed by atoms with E-state index in [0.717, 1.165) is 12.1 Å². The van der Waals surface area contributed by atoms with Gasteiger partial charge in [-0.1, -0.05) is 18.2 Å². The van der Waals surface area contributed by atoms with Crippen LogP contribution in [-0.4, -0.2) is 14.8 Å². The molecule has 3 heteroatoms. The molecule has 0 saturated heterocycles. The van der Waals surface area contributed by atoms with Crippen molar-refractivity contribution >= 4 is 0 Å². The van der Waals surface area contributed by atoms with E-state index in [-0.39, 0.29) is 0 Å². The maximum Gasteiger partial charge on any atom is 0.138 e. The lowest BCUT2D eigenvalue weighted by Crippen LogP contribution is -1.94. The van der Waals surface area contributed by atoms with Gasteiger partial charge in [0, 0.05) is 0 Å². The van der Waals surface area contributed by atoms with Crippen LogP contribution in [0.15, 0.2) is 49.6 Å². The average Bonchev–Trinajstić information content (AvgIpc) is 2.71. The third-order valence-electron chi connectivity index (χ3n) is 1.97. The van der Waals surface area contributed by atoms with Crippen LogP contribution in [-0.2, 0) is 6.42 Å². The van der Waals surface area contributed by atoms with Crippen molar-refractivity contribution in [2.45, 2.75) is 6.42 Å². The van der Waals surface area contributed by atoms with Crippen molar-refractivity contribution in [2.75, 3.05) is 0 Å². The zero-order valence-corrected chi connectivity index (χ0v) is 7.80. The largest absolute Gasteiger partial charge is 0.223 e. The first kappa shape index (κ1) is 8.69. The lowest BCUT2D eigenvalue weighted by Gasteiger charge is -2.02. The Balaban J connectivity index is 2.35. The number of hydrogen-bond acceptors (Lipinski definition) is 2. The molecule has 0 radical (unpaired) electrons. The summed E-state index contributed by atoms with van der Waals surface area (Å²) in [6.45, 7) is 3.71. The SMILES string of the molecule is C=CCc1cccc(-n2cncn2)c1. The molecular weight excluding hydrogens is 174 g/mol. The van der Waals surface area contributed by atoms with Gasteiger partial charge in [0.15, 0.2) is 0 Å². The van der Waals surface area contributed by atoms with Crippen LogP contribution in [0.25, 0.3) is 5.69 Å². The third kappa shape index (κ3) is 1.71. The Morgan fingerprint density at radius 3 is 3.07 bits per heavy atom. The van der Waals surface area contributed by atoms with Gasteiger partial charge in [-0.05, 0) is 24.1 Å². The number of nitrogens with zero attached hydrogens (tertiary/aromatic N) is 3. The molecular formula is C11H11N3. The first-order chi connectivity index (χ1) is 6.90. The molecule has 0 bridgehead atoms. The van der Waals surface area contributed by atoms with Gasteiger partial charge in [0.1, 0.15) is 12.7 Å². The summed E-state index contributed by atoms with van der Waals surface area (Å²) >= 11 is 0. The highest BCUT2D eigenvalue weighted by Gasteiger charge is 1.96. The number of hydrogen-bond donors (Lipinski definition) is 0. The fourth-order valence-corrected chi connectivity index (χ4v) is 1.33. The summed E-state index contributed by atoms with van der Waals surface area (Å²) in [5.41, 5.74) is 2.26. The van der Waals surface area contributed by atoms with E-state index in [1.54, 1.807) is 11.0 Å². The van der Waals surface area contributed by atoms with Crippen LogP contribution in [0.2, 0.25) is 0 Å². The second kappa shape index (κ2) is 3.87. The van der Waals surface area contributed by atoms with Gasteiger partial charge in [-0.25, -0.2) is 9.67 Å². The summed E-state index contributed by atoms with van der Waals surface area (Å²) in [6, 6.07) is 8.16. The molecule has 1 aromatic carbocycles. The molecule has 0 spiro atoms. The highest BCUT2D eigenvalue weighted by molar-refractivity contribution is 5.35. The van der Waals surface area contributed by atoms with Crippen molar-refractivity contribution in [3.63, 3.8) is 0 Å². The van der Waals surface area contributed by atoms with Crippen LogP contribution < -0.4 is 0 Å². The molecule has 0 amide bonds. The molecule has 1 aromatic heterocycles. The van der Waals surface area contributed by atoms with E-state index in [0.29, 0.717) is 0 Å². The molecule has 0 fully saturated rings. The van der Waals surface area contributed by atoms with E-state index in [4.69, 9.17) is 0 Å². The Hall–Kier alpha value is -1.90. The van der Waals surface area contributed by atoms with Crippen LogP contribution in [0.3, 0.4) is 0 Å². The Bertz CT molecular complexity index is 418. The monoisotopic (exact) mass is 185 g/mol. The first-order valence-corrected chi connectivity index (χ1v) is 4.45. The molecule has 1 heterocycles. The normalized spacial score (nSPS) is 10.0. The first-order valence-electron chi connectivity index (χ1n) is 4.45. The topological polar surface area (TPSA) is 30.7 Å². The summed E-state index contributed by atoms with van der Waals surface area (Å²) < 4.78 is 1.74. The fourth-order valence-electron chi connectivity index (χ4n) is 1.33. The average molecular weight is 185 g/mol. The minimum absolute atomic E-state index is 0.878. The van der Waals surface area contributed by atoms with E-state index in [1.165, 1.54) is 11.9 Å². The maximum absolute atomic E-state index is 4.07. The molecule has 2 rings (SSSR count). The van der Waals surface area contributed by atoms with Gasteiger partial charge in [-0.15, -0.1) is 6.58 Å². The number of benzene rings is 1. The summed E-state index contributed by atoms with van der Waals surface area (Å²) in [5, 5.41) is 4.07. The van der Waals surface area contributed by atoms with Crippen LogP contribution in [0.1, 0.15) is 5.56 Å². The zero-order valence-electron chi connectivity index (χ0n) is 7.80. The van der Waals surface area contributed by atoms with E-state index in [9.17, 15) is 0 Å². The van der Waals surface area contributed by atoms with Gasteiger partial charge in [0.25, 0.3) is 0 Å². The van der Waals surface area contributed by atoms with Crippen LogP contribution >= 0.6 is 0 Å². The second-order valence-electron chi connectivity index (χ2n) is 3.00. The predicted octanol–water partition coefficient (Wildman–Crippen LogP) is 2.00. The molecule has 70 valence electrons. The van der Waals surface area contributed by atoms with Crippen LogP contribution in [0.5, 0.6) is 0 Å². The predicted molar refractivity (Wildman–Crippen MR) is 55.3 cm³/mol. The van der Waals surface area contributed by atoms with Crippen LogP contribution in [0.4, 0.5) is 0 Å². The highest BCUT2D eigenvalue weighted by Crippen LogP contribution is 2.09. The zero-order chi connectivity index (χ0) is 9.80. The van der Waals surface area contributed by atoms with Crippen molar-refractivity contribution in [1.29, 1.82) is 0 Å². The molecule has 3 nitrogen and oxygen atoms in total. The molecule has 14 heavy (non-hydrogen) atoms. The van der Waals surface area contributed by atoms with Crippen LogP contribution in [0, 0.1) is 0 Å². The van der Waals surface area contributed by atoms with Gasteiger partial charge in [-0.3, -0.25) is 0 Å². The summed E-state index contributed by atoms with van der Waals surface area (Å²) in [7, 11) is 0. The Kier molecular flexibility index (Phi) is 2.40. The minimum Gasteiger partial charge on any atom is -0.223 e. The van der Waals surface area contributed by atoms with E-state index < -0.39 is 0 Å². The second-order valence-corrected chi connectivity index (χ2v) is 3.00. The Labute approximate surface area is 82.7 Å². The van der Waals surface area contributed by atoms with Crippen molar-refractivity contribution < 1.29 is 0 Å². The molecule has 0 aliphatic rings. The molecule has 0 saturated carbocycles. The smallest absolute Gasteiger partial charge is 0.138 e. The molecule has 0 aliphatic heterocycles. The fraction of sp³-hybridized carbons (Fsp3) is 0.0909. The van der Waals surface area contributed by atoms with Gasteiger partial charge >= 0.3 is 0 Å². The minimum atomic E-state index is 0.878. The van der Waals surface area contributed by atoms with E-state index in [1.807, 2.05) is 18.2 Å². The third-order valence-corrected chi connectivity index (χ3v) is 1.97. The van der Waals surface area contributed by atoms with Crippen molar-refractivity contribution in [3.05, 3.63) is 55.1 Å². The lowest BCUT2D eigenvalue weighted by atomic mass is 10.1. The molecule has 0 N–H and O–H groups in total. The molecule has 0 atom stereocenters. The summed E-state index contributed by atoms with van der Waals surface area (Å²) in [5.74, 6) is 0. The van der Waals surface area contributed by atoms with Gasteiger partial charge in [-0.2, -0.15) is 5.10 Å². The van der Waals surface area contributed by atoms with E-state index in [2.05, 4.69) is 28.8 Å². The molecule has 0 unspecified atom stereocenters. The molecule has 0 aliphatic carbocycles. The standard InChI is InChI=1S/C11H11N3/c1-2-4-10-5-3-6-11(7-10)14-9-12-8-13-14/h2-3,5-9H,1,4H2.